The minimum atomic E-state index is 0.0128. The Morgan fingerprint density at radius 3 is 2.90 bits per heavy atom. The number of rotatable bonds is 4. The number of carbonyl (C=O) groups excluding carboxylic acids is 1. The normalized spacial score (nSPS) is 19.3. The van der Waals surface area contributed by atoms with Crippen LogP contribution in [0.15, 0.2) is 55.1 Å². The maximum absolute atomic E-state index is 12.9. The third-order valence-electron chi connectivity index (χ3n) is 4.09. The zero-order valence-electron chi connectivity index (χ0n) is 11.6. The van der Waals surface area contributed by atoms with Crippen LogP contribution < -0.4 is 0 Å². The molecule has 1 aliphatic rings. The SMILES string of the molecule is C=CCN1CCC[C@H]1C(=O)c1cccc2ccccc12. The van der Waals surface area contributed by atoms with Crippen molar-refractivity contribution in [2.75, 3.05) is 13.1 Å². The van der Waals surface area contributed by atoms with Crippen LogP contribution in [0.5, 0.6) is 0 Å². The molecule has 0 bridgehead atoms. The third-order valence-corrected chi connectivity index (χ3v) is 4.09. The maximum atomic E-state index is 12.9. The molecule has 2 nitrogen and oxygen atoms in total. The summed E-state index contributed by atoms with van der Waals surface area (Å²) in [6.45, 7) is 5.57. The Kier molecular flexibility index (Phi) is 3.66. The van der Waals surface area contributed by atoms with Crippen molar-refractivity contribution in [2.24, 2.45) is 0 Å². The molecule has 0 saturated carbocycles. The van der Waals surface area contributed by atoms with Gasteiger partial charge in [-0.05, 0) is 30.2 Å². The van der Waals surface area contributed by atoms with Gasteiger partial charge in [0.15, 0.2) is 5.78 Å². The fourth-order valence-electron chi connectivity index (χ4n) is 3.13. The van der Waals surface area contributed by atoms with E-state index in [0.717, 1.165) is 42.3 Å². The molecule has 2 aromatic carbocycles. The first-order chi connectivity index (χ1) is 9.81. The van der Waals surface area contributed by atoms with Gasteiger partial charge in [-0.3, -0.25) is 9.69 Å². The van der Waals surface area contributed by atoms with Crippen molar-refractivity contribution in [1.82, 2.24) is 4.90 Å². The van der Waals surface area contributed by atoms with Crippen molar-refractivity contribution in [3.63, 3.8) is 0 Å². The van der Waals surface area contributed by atoms with Crippen molar-refractivity contribution in [2.45, 2.75) is 18.9 Å². The van der Waals surface area contributed by atoms with Crippen molar-refractivity contribution >= 4 is 16.6 Å². The molecule has 0 aliphatic carbocycles. The summed E-state index contributed by atoms with van der Waals surface area (Å²) in [5.41, 5.74) is 0.851. The first-order valence-electron chi connectivity index (χ1n) is 7.18. The smallest absolute Gasteiger partial charge is 0.180 e. The standard InChI is InChI=1S/C18H19NO/c1-2-12-19-13-6-11-17(19)18(20)16-10-5-8-14-7-3-4-9-15(14)16/h2-5,7-10,17H,1,6,11-13H2/t17-/m0/s1. The van der Waals surface area contributed by atoms with Gasteiger partial charge in [-0.2, -0.15) is 0 Å². The molecule has 3 rings (SSSR count). The van der Waals surface area contributed by atoms with E-state index >= 15 is 0 Å². The van der Waals surface area contributed by atoms with Crippen LogP contribution in [-0.4, -0.2) is 29.8 Å². The second-order valence-corrected chi connectivity index (χ2v) is 5.33. The zero-order chi connectivity index (χ0) is 13.9. The molecule has 0 spiro atoms. The lowest BCUT2D eigenvalue weighted by molar-refractivity contribution is 0.0881. The number of hydrogen-bond donors (Lipinski definition) is 0. The van der Waals surface area contributed by atoms with Gasteiger partial charge in [0.2, 0.25) is 0 Å². The Morgan fingerprint density at radius 1 is 1.25 bits per heavy atom. The van der Waals surface area contributed by atoms with Crippen LogP contribution in [0.4, 0.5) is 0 Å². The van der Waals surface area contributed by atoms with Crippen LogP contribution in [0.3, 0.4) is 0 Å². The van der Waals surface area contributed by atoms with Gasteiger partial charge in [-0.1, -0.05) is 48.5 Å². The average molecular weight is 265 g/mol. The van der Waals surface area contributed by atoms with Crippen LogP contribution in [0.25, 0.3) is 10.8 Å². The molecule has 1 saturated heterocycles. The topological polar surface area (TPSA) is 20.3 Å². The van der Waals surface area contributed by atoms with E-state index in [9.17, 15) is 4.79 Å². The Labute approximate surface area is 119 Å². The molecule has 1 aliphatic heterocycles. The minimum Gasteiger partial charge on any atom is -0.292 e. The fourth-order valence-corrected chi connectivity index (χ4v) is 3.13. The number of Topliss-reactive ketones (excluding diaryl/α,β-unsaturated/α-hetero) is 1. The van der Waals surface area contributed by atoms with Crippen LogP contribution in [0.2, 0.25) is 0 Å². The molecule has 20 heavy (non-hydrogen) atoms. The Bertz CT molecular complexity index is 641. The number of nitrogens with zero attached hydrogens (tertiary/aromatic N) is 1. The third kappa shape index (κ3) is 2.27. The van der Waals surface area contributed by atoms with Crippen LogP contribution in [-0.2, 0) is 0 Å². The molecule has 0 radical (unpaired) electrons. The first kappa shape index (κ1) is 13.1. The second kappa shape index (κ2) is 5.59. The summed E-state index contributed by atoms with van der Waals surface area (Å²) in [6, 6.07) is 14.1. The number of fused-ring (bicyclic) bond motifs is 1. The molecule has 1 atom stereocenters. The maximum Gasteiger partial charge on any atom is 0.180 e. The predicted molar refractivity (Wildman–Crippen MR) is 83.1 cm³/mol. The van der Waals surface area contributed by atoms with Gasteiger partial charge in [0.25, 0.3) is 0 Å². The van der Waals surface area contributed by atoms with Gasteiger partial charge in [-0.15, -0.1) is 6.58 Å². The van der Waals surface area contributed by atoms with E-state index < -0.39 is 0 Å². The van der Waals surface area contributed by atoms with E-state index in [1.54, 1.807) is 0 Å². The van der Waals surface area contributed by atoms with Gasteiger partial charge in [0.05, 0.1) is 6.04 Å². The quantitative estimate of drug-likeness (QED) is 0.621. The van der Waals surface area contributed by atoms with E-state index in [1.807, 2.05) is 36.4 Å². The molecule has 2 heteroatoms. The molecule has 0 N–H and O–H groups in total. The molecule has 0 aromatic heterocycles. The summed E-state index contributed by atoms with van der Waals surface area (Å²) in [6.07, 6.45) is 3.93. The largest absolute Gasteiger partial charge is 0.292 e. The number of ketones is 1. The lowest BCUT2D eigenvalue weighted by Gasteiger charge is -2.22. The first-order valence-corrected chi connectivity index (χ1v) is 7.18. The van der Waals surface area contributed by atoms with Crippen molar-refractivity contribution in [1.29, 1.82) is 0 Å². The number of carbonyl (C=O) groups is 1. The summed E-state index contributed by atoms with van der Waals surface area (Å²) in [5.74, 6) is 0.251. The number of likely N-dealkylation sites (tertiary alicyclic amines) is 1. The van der Waals surface area contributed by atoms with Crippen LogP contribution in [0.1, 0.15) is 23.2 Å². The van der Waals surface area contributed by atoms with E-state index in [4.69, 9.17) is 0 Å². The monoisotopic (exact) mass is 265 g/mol. The van der Waals surface area contributed by atoms with Crippen LogP contribution in [0, 0.1) is 0 Å². The molecule has 1 heterocycles. The highest BCUT2D eigenvalue weighted by molar-refractivity contribution is 6.10. The van der Waals surface area contributed by atoms with Gasteiger partial charge in [0.1, 0.15) is 0 Å². The van der Waals surface area contributed by atoms with Gasteiger partial charge >= 0.3 is 0 Å². The van der Waals surface area contributed by atoms with E-state index in [1.165, 1.54) is 0 Å². The molecular formula is C18H19NO. The van der Waals surface area contributed by atoms with E-state index in [-0.39, 0.29) is 11.8 Å². The highest BCUT2D eigenvalue weighted by Gasteiger charge is 2.30. The molecule has 0 amide bonds. The van der Waals surface area contributed by atoms with Gasteiger partial charge < -0.3 is 0 Å². The summed E-state index contributed by atoms with van der Waals surface area (Å²) in [4.78, 5) is 15.1. The minimum absolute atomic E-state index is 0.0128. The number of benzene rings is 2. The lowest BCUT2D eigenvalue weighted by Crippen LogP contribution is -2.36. The highest BCUT2D eigenvalue weighted by atomic mass is 16.1. The van der Waals surface area contributed by atoms with Crippen molar-refractivity contribution in [3.05, 3.63) is 60.7 Å². The Morgan fingerprint density at radius 2 is 2.05 bits per heavy atom. The Balaban J connectivity index is 1.98. The molecule has 0 unspecified atom stereocenters. The van der Waals surface area contributed by atoms with E-state index in [0.29, 0.717) is 0 Å². The van der Waals surface area contributed by atoms with Gasteiger partial charge in [-0.25, -0.2) is 0 Å². The lowest BCUT2D eigenvalue weighted by atomic mass is 9.96. The molecule has 1 fully saturated rings. The summed E-state index contributed by atoms with van der Waals surface area (Å²) < 4.78 is 0. The predicted octanol–water partition coefficient (Wildman–Crippen LogP) is 3.67. The van der Waals surface area contributed by atoms with E-state index in [2.05, 4.69) is 23.6 Å². The fraction of sp³-hybridized carbons (Fsp3) is 0.278. The summed E-state index contributed by atoms with van der Waals surface area (Å²) in [5, 5.41) is 2.19. The summed E-state index contributed by atoms with van der Waals surface area (Å²) >= 11 is 0. The molecule has 2 aromatic rings. The number of hydrogen-bond acceptors (Lipinski definition) is 2. The average Bonchev–Trinajstić information content (AvgIpc) is 2.94. The zero-order valence-corrected chi connectivity index (χ0v) is 11.6. The van der Waals surface area contributed by atoms with Crippen molar-refractivity contribution < 1.29 is 4.79 Å². The molecule has 102 valence electrons. The van der Waals surface area contributed by atoms with Crippen molar-refractivity contribution in [3.8, 4) is 0 Å². The van der Waals surface area contributed by atoms with Crippen LogP contribution >= 0.6 is 0 Å². The molecular weight excluding hydrogens is 246 g/mol. The summed E-state index contributed by atoms with van der Waals surface area (Å²) in [7, 11) is 0. The van der Waals surface area contributed by atoms with Gasteiger partial charge in [0, 0.05) is 12.1 Å². The second-order valence-electron chi connectivity index (χ2n) is 5.33. The highest BCUT2D eigenvalue weighted by Crippen LogP contribution is 2.25. The Hall–Kier alpha value is -1.93.